The number of thiazole rings is 1. The number of carbonyl (C=O) groups is 2. The second-order valence-corrected chi connectivity index (χ2v) is 9.50. The number of carboxylic acid groups (broad SMARTS) is 2. The number of aromatic nitrogens is 1. The van der Waals surface area contributed by atoms with E-state index in [0.717, 1.165) is 24.6 Å². The van der Waals surface area contributed by atoms with E-state index in [9.17, 15) is 26.3 Å². The smallest absolute Gasteiger partial charge is 0.475 e. The first-order valence-corrected chi connectivity index (χ1v) is 12.1. The van der Waals surface area contributed by atoms with Gasteiger partial charge in [-0.05, 0) is 51.5 Å². The highest BCUT2D eigenvalue weighted by Crippen LogP contribution is 2.29. The lowest BCUT2D eigenvalue weighted by molar-refractivity contribution is -0.193. The van der Waals surface area contributed by atoms with Crippen LogP contribution < -0.4 is 4.90 Å². The minimum atomic E-state index is -5.08. The lowest BCUT2D eigenvalue weighted by atomic mass is 10.2. The first-order chi connectivity index (χ1) is 17.2. The molecule has 1 atom stereocenters. The summed E-state index contributed by atoms with van der Waals surface area (Å²) in [6.45, 7) is 7.15. The van der Waals surface area contributed by atoms with Crippen LogP contribution in [0.4, 0.5) is 31.5 Å². The van der Waals surface area contributed by atoms with Crippen LogP contribution in [0.5, 0.6) is 0 Å². The number of likely N-dealkylation sites (tertiary alicyclic amines) is 1. The van der Waals surface area contributed by atoms with Gasteiger partial charge in [-0.2, -0.15) is 26.3 Å². The average molecular weight is 559 g/mol. The summed E-state index contributed by atoms with van der Waals surface area (Å²) in [5.41, 5.74) is 1.14. The Labute approximate surface area is 213 Å². The van der Waals surface area contributed by atoms with Crippen molar-refractivity contribution in [2.45, 2.75) is 37.7 Å². The number of fused-ring (bicyclic) bond motifs is 1. The zero-order chi connectivity index (χ0) is 27.8. The van der Waals surface area contributed by atoms with Crippen molar-refractivity contribution in [3.63, 3.8) is 0 Å². The number of alkyl halides is 6. The molecule has 2 saturated heterocycles. The van der Waals surface area contributed by atoms with Crippen molar-refractivity contribution in [3.8, 4) is 0 Å². The van der Waals surface area contributed by atoms with Crippen LogP contribution in [0.15, 0.2) is 24.3 Å². The molecule has 0 bridgehead atoms. The lowest BCUT2D eigenvalue weighted by Gasteiger charge is -2.27. The zero-order valence-corrected chi connectivity index (χ0v) is 20.7. The molecule has 2 aliphatic heterocycles. The van der Waals surface area contributed by atoms with Gasteiger partial charge in [0, 0.05) is 32.2 Å². The molecule has 2 fully saturated rings. The number of benzene rings is 1. The molecule has 0 radical (unpaired) electrons. The summed E-state index contributed by atoms with van der Waals surface area (Å²) in [5, 5.41) is 15.5. The fraction of sp³-hybridized carbons (Fsp3) is 0.591. The third-order valence-electron chi connectivity index (χ3n) is 5.77. The van der Waals surface area contributed by atoms with Crippen molar-refractivity contribution in [1.82, 2.24) is 14.8 Å². The minimum Gasteiger partial charge on any atom is -0.475 e. The van der Waals surface area contributed by atoms with Crippen LogP contribution in [0.3, 0.4) is 0 Å². The van der Waals surface area contributed by atoms with E-state index in [1.807, 2.05) is 11.3 Å². The first kappa shape index (κ1) is 30.6. The highest BCUT2D eigenvalue weighted by molar-refractivity contribution is 7.22. The molecule has 4 rings (SSSR count). The second kappa shape index (κ2) is 13.2. The summed E-state index contributed by atoms with van der Waals surface area (Å²) >= 11 is 1.84. The molecule has 2 N–H and O–H groups in total. The van der Waals surface area contributed by atoms with Gasteiger partial charge in [0.05, 0.1) is 10.2 Å². The van der Waals surface area contributed by atoms with Crippen LogP contribution in [0.25, 0.3) is 10.2 Å². The van der Waals surface area contributed by atoms with E-state index < -0.39 is 24.3 Å². The number of aliphatic carboxylic acids is 2. The number of para-hydroxylation sites is 1. The van der Waals surface area contributed by atoms with Gasteiger partial charge in [0.25, 0.3) is 0 Å². The summed E-state index contributed by atoms with van der Waals surface area (Å²) in [6.07, 6.45) is -6.19. The number of nitrogens with zero attached hydrogens (tertiary/aromatic N) is 4. The van der Waals surface area contributed by atoms with Gasteiger partial charge in [0.1, 0.15) is 0 Å². The average Bonchev–Trinajstić information content (AvgIpc) is 3.33. The Morgan fingerprint density at radius 3 is 2.05 bits per heavy atom. The molecule has 8 nitrogen and oxygen atoms in total. The van der Waals surface area contributed by atoms with Gasteiger partial charge < -0.3 is 20.0 Å². The molecular weight excluding hydrogens is 530 g/mol. The number of carboxylic acids is 2. The van der Waals surface area contributed by atoms with Crippen LogP contribution in [0.2, 0.25) is 0 Å². The fourth-order valence-corrected chi connectivity index (χ4v) is 4.87. The van der Waals surface area contributed by atoms with E-state index >= 15 is 0 Å². The maximum absolute atomic E-state index is 10.6. The number of rotatable bonds is 3. The van der Waals surface area contributed by atoms with E-state index in [1.165, 1.54) is 55.3 Å². The molecule has 0 spiro atoms. The van der Waals surface area contributed by atoms with Crippen molar-refractivity contribution in [1.29, 1.82) is 0 Å². The van der Waals surface area contributed by atoms with Crippen molar-refractivity contribution < 1.29 is 46.1 Å². The number of anilines is 1. The number of hydrogen-bond acceptors (Lipinski definition) is 7. The second-order valence-electron chi connectivity index (χ2n) is 8.49. The van der Waals surface area contributed by atoms with Gasteiger partial charge in [0.15, 0.2) is 5.13 Å². The normalized spacial score (nSPS) is 19.4. The van der Waals surface area contributed by atoms with Crippen molar-refractivity contribution in [2.24, 2.45) is 0 Å². The largest absolute Gasteiger partial charge is 0.490 e. The molecule has 208 valence electrons. The molecular formula is C22H28F6N4O4S. The number of hydrogen-bond donors (Lipinski definition) is 2. The number of likely N-dealkylation sites (N-methyl/N-ethyl adjacent to an activating group) is 1. The molecule has 0 aliphatic carbocycles. The monoisotopic (exact) mass is 558 g/mol. The molecule has 0 amide bonds. The summed E-state index contributed by atoms with van der Waals surface area (Å²) in [5.74, 6) is -5.51. The Morgan fingerprint density at radius 2 is 1.54 bits per heavy atom. The Balaban J connectivity index is 0.000000286. The van der Waals surface area contributed by atoms with Gasteiger partial charge in [-0.25, -0.2) is 14.6 Å². The van der Waals surface area contributed by atoms with E-state index in [0.29, 0.717) is 0 Å². The third kappa shape index (κ3) is 9.97. The van der Waals surface area contributed by atoms with Gasteiger partial charge in [-0.1, -0.05) is 23.5 Å². The molecule has 1 aromatic heterocycles. The Bertz CT molecular complexity index is 975. The lowest BCUT2D eigenvalue weighted by Crippen LogP contribution is -2.40. The molecule has 2 aromatic rings. The van der Waals surface area contributed by atoms with Crippen LogP contribution in [-0.4, -0.2) is 102 Å². The molecule has 2 aliphatic rings. The predicted molar refractivity (Wildman–Crippen MR) is 126 cm³/mol. The maximum atomic E-state index is 10.6. The van der Waals surface area contributed by atoms with Crippen LogP contribution in [0, 0.1) is 0 Å². The Kier molecular flexibility index (Phi) is 10.9. The van der Waals surface area contributed by atoms with Crippen molar-refractivity contribution >= 4 is 38.6 Å². The summed E-state index contributed by atoms with van der Waals surface area (Å²) in [7, 11) is 2.28. The molecule has 15 heteroatoms. The topological polar surface area (TPSA) is 97.2 Å². The van der Waals surface area contributed by atoms with Crippen LogP contribution in [0.1, 0.15) is 19.3 Å². The zero-order valence-electron chi connectivity index (χ0n) is 19.9. The van der Waals surface area contributed by atoms with Crippen molar-refractivity contribution in [2.75, 3.05) is 51.2 Å². The standard InChI is InChI=1S/C18H26N4S.2C2HF3O2/c1-20-9-4-6-15(20)14-21-10-5-11-22(13-12-21)18-19-16-7-2-3-8-17(16)23-18;2*3-2(4,5)1(6)7/h2-3,7-8,15H,4-6,9-14H2,1H3;2*(H,6,7)/t15-;;/m0../s1. The summed E-state index contributed by atoms with van der Waals surface area (Å²) < 4.78 is 64.8. The van der Waals surface area contributed by atoms with Gasteiger partial charge in [-0.15, -0.1) is 0 Å². The Morgan fingerprint density at radius 1 is 0.946 bits per heavy atom. The SMILES string of the molecule is CN1CCC[C@H]1CN1CCCN(c2nc3ccccc3s2)CC1.O=C(O)C(F)(F)F.O=C(O)C(F)(F)F. The summed E-state index contributed by atoms with van der Waals surface area (Å²) in [4.78, 5) is 30.3. The molecule has 3 heterocycles. The van der Waals surface area contributed by atoms with E-state index in [-0.39, 0.29) is 0 Å². The molecule has 0 unspecified atom stereocenters. The minimum absolute atomic E-state index is 0.768. The third-order valence-corrected chi connectivity index (χ3v) is 6.86. The number of halogens is 6. The fourth-order valence-electron chi connectivity index (χ4n) is 3.85. The molecule has 37 heavy (non-hydrogen) atoms. The Hall–Kier alpha value is -2.65. The first-order valence-electron chi connectivity index (χ1n) is 11.3. The van der Waals surface area contributed by atoms with E-state index in [4.69, 9.17) is 24.8 Å². The molecule has 1 aromatic carbocycles. The van der Waals surface area contributed by atoms with Crippen molar-refractivity contribution in [3.05, 3.63) is 24.3 Å². The van der Waals surface area contributed by atoms with Gasteiger partial charge >= 0.3 is 24.3 Å². The van der Waals surface area contributed by atoms with Crippen LogP contribution >= 0.6 is 11.3 Å². The highest BCUT2D eigenvalue weighted by Gasteiger charge is 2.38. The van der Waals surface area contributed by atoms with Gasteiger partial charge in [-0.3, -0.25) is 4.90 Å². The van der Waals surface area contributed by atoms with E-state index in [2.05, 4.69) is 46.0 Å². The summed E-state index contributed by atoms with van der Waals surface area (Å²) in [6, 6.07) is 9.25. The predicted octanol–water partition coefficient (Wildman–Crippen LogP) is 4.17. The maximum Gasteiger partial charge on any atom is 0.490 e. The molecule has 0 saturated carbocycles. The van der Waals surface area contributed by atoms with E-state index in [1.54, 1.807) is 0 Å². The van der Waals surface area contributed by atoms with Crippen LogP contribution in [-0.2, 0) is 9.59 Å². The van der Waals surface area contributed by atoms with Gasteiger partial charge in [0.2, 0.25) is 0 Å². The highest BCUT2D eigenvalue weighted by atomic mass is 32.1. The quantitative estimate of drug-likeness (QED) is 0.542.